The number of rotatable bonds is 6. The molecule has 2 aliphatic heterocycles. The van der Waals surface area contributed by atoms with Crippen molar-refractivity contribution in [3.63, 3.8) is 0 Å². The van der Waals surface area contributed by atoms with Gasteiger partial charge in [-0.25, -0.2) is 9.78 Å². The summed E-state index contributed by atoms with van der Waals surface area (Å²) in [4.78, 5) is 30.0. The molecule has 2 saturated heterocycles. The molecule has 162 valence electrons. The van der Waals surface area contributed by atoms with Gasteiger partial charge in [0.25, 0.3) is 0 Å². The van der Waals surface area contributed by atoms with E-state index in [-0.39, 0.29) is 11.8 Å². The Labute approximate surface area is 175 Å². The van der Waals surface area contributed by atoms with Crippen LogP contribution < -0.4 is 10.6 Å². The summed E-state index contributed by atoms with van der Waals surface area (Å²) in [5, 5.41) is 7.18. The summed E-state index contributed by atoms with van der Waals surface area (Å²) in [6.45, 7) is 4.87. The summed E-state index contributed by atoms with van der Waals surface area (Å²) in [6, 6.07) is 2.25. The lowest BCUT2D eigenvalue weighted by atomic mass is 10.1. The van der Waals surface area contributed by atoms with Crippen LogP contribution in [0, 0.1) is 5.92 Å². The molecule has 2 aromatic heterocycles. The molecule has 4 heterocycles. The molecule has 0 saturated carbocycles. The van der Waals surface area contributed by atoms with Gasteiger partial charge in [-0.1, -0.05) is 0 Å². The monoisotopic (exact) mass is 416 g/mol. The summed E-state index contributed by atoms with van der Waals surface area (Å²) in [5.74, 6) is -0.894. The van der Waals surface area contributed by atoms with Crippen molar-refractivity contribution in [2.24, 2.45) is 5.92 Å². The van der Waals surface area contributed by atoms with Gasteiger partial charge in [0.1, 0.15) is 5.65 Å². The second-order valence-corrected chi connectivity index (χ2v) is 7.64. The maximum Gasteiger partial charge on any atom is 0.356 e. The van der Waals surface area contributed by atoms with Gasteiger partial charge in [-0.2, -0.15) is 0 Å². The Morgan fingerprint density at radius 2 is 2.00 bits per heavy atom. The Bertz CT molecular complexity index is 929. The van der Waals surface area contributed by atoms with Crippen molar-refractivity contribution in [2.75, 3.05) is 44.2 Å². The third-order valence-electron chi connectivity index (χ3n) is 5.73. The van der Waals surface area contributed by atoms with Crippen LogP contribution in [-0.4, -0.2) is 61.0 Å². The first kappa shape index (κ1) is 20.6. The van der Waals surface area contributed by atoms with Crippen molar-refractivity contribution in [3.05, 3.63) is 18.0 Å². The highest BCUT2D eigenvalue weighted by Crippen LogP contribution is 2.33. The van der Waals surface area contributed by atoms with Crippen LogP contribution in [0.25, 0.3) is 11.0 Å². The van der Waals surface area contributed by atoms with Crippen LogP contribution in [0.2, 0.25) is 0 Å². The van der Waals surface area contributed by atoms with Gasteiger partial charge in [-0.05, 0) is 32.3 Å². The molecule has 2 fully saturated rings. The van der Waals surface area contributed by atoms with Crippen LogP contribution >= 0.6 is 0 Å². The second-order valence-electron chi connectivity index (χ2n) is 7.64. The van der Waals surface area contributed by atoms with Crippen molar-refractivity contribution < 1.29 is 23.8 Å². The van der Waals surface area contributed by atoms with Crippen LogP contribution in [-0.2, 0) is 25.5 Å². The highest BCUT2D eigenvalue weighted by atomic mass is 16.5. The zero-order valence-electron chi connectivity index (χ0n) is 17.4. The molecule has 0 aromatic carbocycles. The van der Waals surface area contributed by atoms with Gasteiger partial charge in [-0.15, -0.1) is 0 Å². The van der Waals surface area contributed by atoms with Crippen molar-refractivity contribution >= 4 is 34.3 Å². The molecule has 2 N–H and O–H groups in total. The number of pyridine rings is 1. The van der Waals surface area contributed by atoms with E-state index in [9.17, 15) is 9.59 Å². The van der Waals surface area contributed by atoms with E-state index in [2.05, 4.69) is 15.6 Å². The molecule has 1 atom stereocenters. The fourth-order valence-corrected chi connectivity index (χ4v) is 4.09. The molecular weight excluding hydrogens is 388 g/mol. The fraction of sp³-hybridized carbons (Fsp3) is 0.571. The highest BCUT2D eigenvalue weighted by molar-refractivity contribution is 6.11. The summed E-state index contributed by atoms with van der Waals surface area (Å²) >= 11 is 0. The minimum absolute atomic E-state index is 0.157. The number of esters is 1. The Hall–Kier alpha value is -2.65. The summed E-state index contributed by atoms with van der Waals surface area (Å²) < 4.78 is 17.6. The third-order valence-corrected chi connectivity index (χ3v) is 5.73. The van der Waals surface area contributed by atoms with Gasteiger partial charge in [0.2, 0.25) is 5.91 Å². The first-order chi connectivity index (χ1) is 14.6. The predicted octanol–water partition coefficient (Wildman–Crippen LogP) is 2.41. The van der Waals surface area contributed by atoms with Gasteiger partial charge in [0.15, 0.2) is 5.69 Å². The number of ether oxygens (including phenoxy) is 3. The summed E-state index contributed by atoms with van der Waals surface area (Å²) in [6.07, 6.45) is 4.28. The summed E-state index contributed by atoms with van der Waals surface area (Å²) in [5.41, 5.74) is 2.23. The molecule has 0 spiro atoms. The molecule has 4 rings (SSSR count). The number of nitrogens with zero attached hydrogens (tertiary/aromatic N) is 2. The quantitative estimate of drug-likeness (QED) is 0.697. The lowest BCUT2D eigenvalue weighted by Crippen LogP contribution is -2.27. The zero-order chi connectivity index (χ0) is 21.1. The predicted molar refractivity (Wildman–Crippen MR) is 112 cm³/mol. The van der Waals surface area contributed by atoms with E-state index in [4.69, 9.17) is 14.2 Å². The molecular formula is C21H28N4O5. The van der Waals surface area contributed by atoms with E-state index in [0.29, 0.717) is 54.6 Å². The normalized spacial score (nSPS) is 19.7. The molecule has 2 aliphatic rings. The van der Waals surface area contributed by atoms with Gasteiger partial charge in [-0.3, -0.25) is 4.79 Å². The number of methoxy groups -OCH3 is 1. The maximum absolute atomic E-state index is 12.8. The zero-order valence-corrected chi connectivity index (χ0v) is 17.4. The van der Waals surface area contributed by atoms with E-state index >= 15 is 0 Å². The molecule has 0 unspecified atom stereocenters. The summed E-state index contributed by atoms with van der Waals surface area (Å²) in [7, 11) is 1.34. The van der Waals surface area contributed by atoms with Crippen LogP contribution in [0.4, 0.5) is 11.4 Å². The molecule has 0 radical (unpaired) electrons. The minimum atomic E-state index is -0.508. The molecule has 30 heavy (non-hydrogen) atoms. The topological polar surface area (TPSA) is 104 Å². The van der Waals surface area contributed by atoms with Crippen LogP contribution in [0.3, 0.4) is 0 Å². The fourth-order valence-electron chi connectivity index (χ4n) is 4.09. The SMILES string of the molecule is CCn1c(C(=O)OC)c(NC(=O)[C@H]2CCOC2)c2cc(NC3CCOCC3)cnc21. The Kier molecular flexibility index (Phi) is 6.19. The molecule has 9 nitrogen and oxygen atoms in total. The average Bonchev–Trinajstić information content (AvgIpc) is 3.41. The van der Waals surface area contributed by atoms with Crippen molar-refractivity contribution in [2.45, 2.75) is 38.8 Å². The number of anilines is 2. The lowest BCUT2D eigenvalue weighted by molar-refractivity contribution is -0.119. The number of fused-ring (bicyclic) bond motifs is 1. The van der Waals surface area contributed by atoms with Crippen LogP contribution in [0.15, 0.2) is 12.3 Å². The standard InChI is InChI=1S/C21H28N4O5/c1-3-25-18(21(27)28-2)17(24-20(26)13-4-7-30-12-13)16-10-15(11-22-19(16)25)23-14-5-8-29-9-6-14/h10-11,13-14,23H,3-9,12H2,1-2H3,(H,24,26)/t13-/m0/s1. The van der Waals surface area contributed by atoms with Crippen LogP contribution in [0.1, 0.15) is 36.7 Å². The smallest absolute Gasteiger partial charge is 0.356 e. The number of hydrogen-bond acceptors (Lipinski definition) is 7. The second kappa shape index (κ2) is 9.01. The maximum atomic E-state index is 12.8. The number of amides is 1. The minimum Gasteiger partial charge on any atom is -0.464 e. The van der Waals surface area contributed by atoms with E-state index in [1.54, 1.807) is 10.8 Å². The lowest BCUT2D eigenvalue weighted by Gasteiger charge is -2.24. The van der Waals surface area contributed by atoms with E-state index in [1.807, 2.05) is 13.0 Å². The molecule has 0 aliphatic carbocycles. The molecule has 2 aromatic rings. The van der Waals surface area contributed by atoms with Crippen LogP contribution in [0.5, 0.6) is 0 Å². The number of aryl methyl sites for hydroxylation is 1. The molecule has 1 amide bonds. The first-order valence-electron chi connectivity index (χ1n) is 10.5. The number of hydrogen-bond donors (Lipinski definition) is 2. The number of carbonyl (C=O) groups excluding carboxylic acids is 2. The largest absolute Gasteiger partial charge is 0.464 e. The van der Waals surface area contributed by atoms with Gasteiger partial charge in [0.05, 0.1) is 37.2 Å². The Morgan fingerprint density at radius 1 is 1.23 bits per heavy atom. The molecule has 9 heteroatoms. The van der Waals surface area contributed by atoms with E-state index in [1.165, 1.54) is 7.11 Å². The van der Waals surface area contributed by atoms with Crippen molar-refractivity contribution in [1.29, 1.82) is 0 Å². The third kappa shape index (κ3) is 3.99. The Balaban J connectivity index is 1.74. The number of carbonyl (C=O) groups is 2. The Morgan fingerprint density at radius 3 is 2.67 bits per heavy atom. The number of nitrogens with one attached hydrogen (secondary N) is 2. The van der Waals surface area contributed by atoms with Gasteiger partial charge in [0, 0.05) is 37.8 Å². The van der Waals surface area contributed by atoms with Crippen molar-refractivity contribution in [3.8, 4) is 0 Å². The van der Waals surface area contributed by atoms with E-state index < -0.39 is 5.97 Å². The van der Waals surface area contributed by atoms with Gasteiger partial charge >= 0.3 is 5.97 Å². The molecule has 0 bridgehead atoms. The number of aromatic nitrogens is 2. The van der Waals surface area contributed by atoms with Crippen molar-refractivity contribution in [1.82, 2.24) is 9.55 Å². The first-order valence-corrected chi connectivity index (χ1v) is 10.5. The average molecular weight is 416 g/mol. The highest BCUT2D eigenvalue weighted by Gasteiger charge is 2.29. The van der Waals surface area contributed by atoms with Gasteiger partial charge < -0.3 is 29.4 Å². The van der Waals surface area contributed by atoms with E-state index in [0.717, 1.165) is 31.7 Å².